The Morgan fingerprint density at radius 3 is 2.36 bits per heavy atom. The molecule has 6 heteroatoms. The lowest BCUT2D eigenvalue weighted by Crippen LogP contribution is -2.58. The van der Waals surface area contributed by atoms with Crippen LogP contribution in [0.5, 0.6) is 0 Å². The zero-order valence-corrected chi connectivity index (χ0v) is 17.1. The lowest BCUT2D eigenvalue weighted by molar-refractivity contribution is -0.138. The number of nitrogens with one attached hydrogen (secondary N) is 1. The Kier molecular flexibility index (Phi) is 7.45. The fourth-order valence-electron chi connectivity index (χ4n) is 4.54. The van der Waals surface area contributed by atoms with E-state index >= 15 is 0 Å². The van der Waals surface area contributed by atoms with Gasteiger partial charge in [0.25, 0.3) is 0 Å². The molecule has 1 saturated heterocycles. The number of piperazine rings is 1. The van der Waals surface area contributed by atoms with E-state index in [1.807, 2.05) is 30.0 Å². The maximum atomic E-state index is 13.3. The molecule has 1 N–H and O–H groups in total. The Morgan fingerprint density at radius 1 is 1.11 bits per heavy atom. The summed E-state index contributed by atoms with van der Waals surface area (Å²) < 4.78 is 4.97. The zero-order chi connectivity index (χ0) is 19.9. The Balaban J connectivity index is 1.64. The van der Waals surface area contributed by atoms with E-state index in [2.05, 4.69) is 22.3 Å². The minimum Gasteiger partial charge on any atom is -0.375 e. The molecule has 0 aromatic heterocycles. The molecule has 1 saturated carbocycles. The summed E-state index contributed by atoms with van der Waals surface area (Å²) in [5.41, 5.74) is 1.12. The van der Waals surface area contributed by atoms with Crippen molar-refractivity contribution in [3.8, 4) is 0 Å². The average Bonchev–Trinajstić information content (AvgIpc) is 3.23. The molecule has 28 heavy (non-hydrogen) atoms. The number of carbonyl (C=O) groups excluding carboxylic acids is 2. The van der Waals surface area contributed by atoms with Crippen molar-refractivity contribution in [1.29, 1.82) is 0 Å². The van der Waals surface area contributed by atoms with Gasteiger partial charge in [-0.3, -0.25) is 14.5 Å². The Bertz CT molecular complexity index is 638. The van der Waals surface area contributed by atoms with Crippen LogP contribution in [0, 0.1) is 5.92 Å². The summed E-state index contributed by atoms with van der Waals surface area (Å²) in [6.45, 7) is 4.97. The number of rotatable bonds is 7. The summed E-state index contributed by atoms with van der Waals surface area (Å²) in [6.07, 6.45) is 4.63. The van der Waals surface area contributed by atoms with E-state index in [1.165, 1.54) is 12.8 Å². The largest absolute Gasteiger partial charge is 0.375 e. The summed E-state index contributed by atoms with van der Waals surface area (Å²) in [6, 6.07) is 9.98. The quantitative estimate of drug-likeness (QED) is 0.779. The number of nitrogens with zero attached hydrogens (tertiary/aromatic N) is 2. The number of carbonyl (C=O) groups is 2. The van der Waals surface area contributed by atoms with E-state index in [-0.39, 0.29) is 30.5 Å². The van der Waals surface area contributed by atoms with Crippen LogP contribution in [0.15, 0.2) is 30.3 Å². The molecular weight excluding hydrogens is 354 g/mol. The lowest BCUT2D eigenvalue weighted by Gasteiger charge is -2.41. The predicted octanol–water partition coefficient (Wildman–Crippen LogP) is 2.21. The van der Waals surface area contributed by atoms with Crippen LogP contribution in [0.25, 0.3) is 0 Å². The van der Waals surface area contributed by atoms with E-state index < -0.39 is 0 Å². The molecule has 0 radical (unpaired) electrons. The van der Waals surface area contributed by atoms with Gasteiger partial charge in [0, 0.05) is 33.3 Å². The molecule has 154 valence electrons. The molecule has 2 fully saturated rings. The first kappa shape index (κ1) is 20.8. The molecular formula is C22H33N3O3. The molecule has 2 atom stereocenters. The van der Waals surface area contributed by atoms with E-state index in [4.69, 9.17) is 4.74 Å². The van der Waals surface area contributed by atoms with Crippen molar-refractivity contribution in [3.63, 3.8) is 0 Å². The number of amides is 2. The van der Waals surface area contributed by atoms with Crippen LogP contribution in [0.1, 0.15) is 44.2 Å². The smallest absolute Gasteiger partial charge is 0.248 e. The van der Waals surface area contributed by atoms with Gasteiger partial charge in [0.2, 0.25) is 11.8 Å². The predicted molar refractivity (Wildman–Crippen MR) is 109 cm³/mol. The van der Waals surface area contributed by atoms with Gasteiger partial charge in [-0.2, -0.15) is 0 Å². The van der Waals surface area contributed by atoms with Crippen LogP contribution < -0.4 is 5.32 Å². The number of ether oxygens (including phenoxy) is 1. The van der Waals surface area contributed by atoms with Crippen LogP contribution in [0.3, 0.4) is 0 Å². The zero-order valence-electron chi connectivity index (χ0n) is 17.1. The third-order valence-electron chi connectivity index (χ3n) is 6.10. The average molecular weight is 388 g/mol. The third-order valence-corrected chi connectivity index (χ3v) is 6.10. The second kappa shape index (κ2) is 10.0. The van der Waals surface area contributed by atoms with Crippen molar-refractivity contribution in [2.24, 2.45) is 5.92 Å². The van der Waals surface area contributed by atoms with Gasteiger partial charge < -0.3 is 15.0 Å². The van der Waals surface area contributed by atoms with Crippen molar-refractivity contribution < 1.29 is 14.3 Å². The van der Waals surface area contributed by atoms with Crippen molar-refractivity contribution in [2.45, 2.75) is 44.7 Å². The van der Waals surface area contributed by atoms with Gasteiger partial charge in [-0.25, -0.2) is 0 Å². The molecule has 1 aromatic carbocycles. The van der Waals surface area contributed by atoms with Gasteiger partial charge in [-0.05, 0) is 31.2 Å². The van der Waals surface area contributed by atoms with Gasteiger partial charge >= 0.3 is 0 Å². The molecule has 0 spiro atoms. The molecule has 0 bridgehead atoms. The molecule has 1 aliphatic heterocycles. The number of hydrogen-bond donors (Lipinski definition) is 1. The van der Waals surface area contributed by atoms with Crippen molar-refractivity contribution in [3.05, 3.63) is 35.9 Å². The first-order valence-electron chi connectivity index (χ1n) is 10.5. The van der Waals surface area contributed by atoms with Crippen molar-refractivity contribution in [1.82, 2.24) is 15.1 Å². The monoisotopic (exact) mass is 387 g/mol. The van der Waals surface area contributed by atoms with E-state index in [0.717, 1.165) is 31.5 Å². The molecule has 1 aliphatic carbocycles. The van der Waals surface area contributed by atoms with Crippen molar-refractivity contribution in [2.75, 3.05) is 39.9 Å². The summed E-state index contributed by atoms with van der Waals surface area (Å²) in [5.74, 6) is 0.561. The number of benzene rings is 1. The second-order valence-electron chi connectivity index (χ2n) is 7.98. The topological polar surface area (TPSA) is 61.9 Å². The highest BCUT2D eigenvalue weighted by Gasteiger charge is 2.37. The molecule has 6 nitrogen and oxygen atoms in total. The second-order valence-corrected chi connectivity index (χ2v) is 7.98. The normalized spacial score (nSPS) is 20.7. The van der Waals surface area contributed by atoms with Crippen LogP contribution in [-0.4, -0.2) is 67.6 Å². The van der Waals surface area contributed by atoms with Gasteiger partial charge in [0.15, 0.2) is 0 Å². The maximum Gasteiger partial charge on any atom is 0.248 e. The summed E-state index contributed by atoms with van der Waals surface area (Å²) in [7, 11) is 1.54. The minimum atomic E-state index is -0.103. The van der Waals surface area contributed by atoms with Gasteiger partial charge in [0.05, 0.1) is 12.1 Å². The fourth-order valence-corrected chi connectivity index (χ4v) is 4.54. The van der Waals surface area contributed by atoms with Crippen LogP contribution >= 0.6 is 0 Å². The highest BCUT2D eigenvalue weighted by atomic mass is 16.5. The lowest BCUT2D eigenvalue weighted by atomic mass is 9.94. The van der Waals surface area contributed by atoms with E-state index in [0.29, 0.717) is 19.0 Å². The summed E-state index contributed by atoms with van der Waals surface area (Å²) >= 11 is 0. The molecule has 1 aromatic rings. The SMILES string of the molecule is COCC(=O)N1CCN(C(C(=O)NC(C)c2ccccc2)C2CCCC2)CC1. The number of methoxy groups -OCH3 is 1. The molecule has 3 rings (SSSR count). The van der Waals surface area contributed by atoms with Crippen LogP contribution in [0.4, 0.5) is 0 Å². The van der Waals surface area contributed by atoms with Crippen molar-refractivity contribution >= 4 is 11.8 Å². The maximum absolute atomic E-state index is 13.3. The Labute approximate surface area is 168 Å². The van der Waals surface area contributed by atoms with Crippen LogP contribution in [0.2, 0.25) is 0 Å². The first-order valence-corrected chi connectivity index (χ1v) is 10.5. The fraction of sp³-hybridized carbons (Fsp3) is 0.636. The summed E-state index contributed by atoms with van der Waals surface area (Å²) in [5, 5.41) is 3.24. The molecule has 2 amide bonds. The minimum absolute atomic E-state index is 0.0119. The summed E-state index contributed by atoms with van der Waals surface area (Å²) in [4.78, 5) is 29.5. The Morgan fingerprint density at radius 2 is 1.75 bits per heavy atom. The highest BCUT2D eigenvalue weighted by Crippen LogP contribution is 2.31. The Hall–Kier alpha value is -1.92. The molecule has 1 heterocycles. The van der Waals surface area contributed by atoms with E-state index in [1.54, 1.807) is 7.11 Å². The van der Waals surface area contributed by atoms with Gasteiger partial charge in [-0.1, -0.05) is 43.2 Å². The third kappa shape index (κ3) is 5.11. The van der Waals surface area contributed by atoms with Gasteiger partial charge in [0.1, 0.15) is 6.61 Å². The first-order chi connectivity index (χ1) is 13.6. The standard InChI is InChI=1S/C22H33N3O3/c1-17(18-8-4-3-5-9-18)23-22(27)21(19-10-6-7-11-19)25-14-12-24(13-15-25)20(26)16-28-2/h3-5,8-9,17,19,21H,6-7,10-16H2,1-2H3,(H,23,27). The molecule has 2 aliphatic rings. The van der Waals surface area contributed by atoms with Crippen LogP contribution in [-0.2, 0) is 14.3 Å². The highest BCUT2D eigenvalue weighted by molar-refractivity contribution is 5.82. The van der Waals surface area contributed by atoms with E-state index in [9.17, 15) is 9.59 Å². The number of hydrogen-bond acceptors (Lipinski definition) is 4. The van der Waals surface area contributed by atoms with Gasteiger partial charge in [-0.15, -0.1) is 0 Å². The molecule has 2 unspecified atom stereocenters.